The molecule has 2 aliphatic rings. The minimum Gasteiger partial charge on any atom is -0.494 e. The highest BCUT2D eigenvalue weighted by Gasteiger charge is 2.25. The van der Waals surface area contributed by atoms with Gasteiger partial charge in [-0.25, -0.2) is 4.98 Å². The fourth-order valence-electron chi connectivity index (χ4n) is 4.39. The molecule has 156 valence electrons. The Morgan fingerprint density at radius 3 is 2.60 bits per heavy atom. The van der Waals surface area contributed by atoms with Gasteiger partial charge in [-0.2, -0.15) is 0 Å². The molecule has 1 aliphatic carbocycles. The summed E-state index contributed by atoms with van der Waals surface area (Å²) in [7, 11) is 1.65. The first-order valence-corrected chi connectivity index (χ1v) is 11.6. The molecule has 1 fully saturated rings. The van der Waals surface area contributed by atoms with Crippen LogP contribution in [0.3, 0.4) is 0 Å². The molecular formula is C23H24ClN3O2S. The van der Waals surface area contributed by atoms with Crippen LogP contribution in [0.5, 0.6) is 5.75 Å². The van der Waals surface area contributed by atoms with Gasteiger partial charge >= 0.3 is 0 Å². The van der Waals surface area contributed by atoms with E-state index in [0.29, 0.717) is 18.1 Å². The molecule has 1 aliphatic heterocycles. The Balaban J connectivity index is 1.30. The highest BCUT2D eigenvalue weighted by Crippen LogP contribution is 2.38. The van der Waals surface area contributed by atoms with Gasteiger partial charge in [-0.1, -0.05) is 29.0 Å². The average molecular weight is 442 g/mol. The number of thiazole rings is 1. The number of aryl methyl sites for hydroxylation is 2. The third kappa shape index (κ3) is 3.52. The Bertz CT molecular complexity index is 1110. The van der Waals surface area contributed by atoms with Crippen molar-refractivity contribution in [3.63, 3.8) is 0 Å². The molecule has 0 bridgehead atoms. The van der Waals surface area contributed by atoms with Crippen LogP contribution in [0.4, 0.5) is 5.13 Å². The second-order valence-electron chi connectivity index (χ2n) is 7.89. The molecular weight excluding hydrogens is 418 g/mol. The zero-order valence-electron chi connectivity index (χ0n) is 17.0. The predicted octanol–water partition coefficient (Wildman–Crippen LogP) is 4.80. The average Bonchev–Trinajstić information content (AvgIpc) is 3.25. The summed E-state index contributed by atoms with van der Waals surface area (Å²) < 4.78 is 6.38. The van der Waals surface area contributed by atoms with Gasteiger partial charge in [0.05, 0.1) is 16.8 Å². The second-order valence-corrected chi connectivity index (χ2v) is 9.28. The smallest absolute Gasteiger partial charge is 0.253 e. The second kappa shape index (κ2) is 8.08. The Hall–Kier alpha value is -2.31. The van der Waals surface area contributed by atoms with E-state index in [2.05, 4.69) is 17.0 Å². The Kier molecular flexibility index (Phi) is 5.29. The Labute approximate surface area is 185 Å². The number of hydrogen-bond donors (Lipinski definition) is 0. The van der Waals surface area contributed by atoms with Crippen molar-refractivity contribution in [1.82, 2.24) is 9.88 Å². The number of aromatic nitrogens is 1. The van der Waals surface area contributed by atoms with Crippen LogP contribution >= 0.6 is 22.9 Å². The van der Waals surface area contributed by atoms with E-state index in [4.69, 9.17) is 21.3 Å². The van der Waals surface area contributed by atoms with Gasteiger partial charge < -0.3 is 14.5 Å². The third-order valence-corrected chi connectivity index (χ3v) is 7.68. The highest BCUT2D eigenvalue weighted by atomic mass is 35.5. The Morgan fingerprint density at radius 1 is 1.07 bits per heavy atom. The summed E-state index contributed by atoms with van der Waals surface area (Å²) in [4.78, 5) is 22.0. The largest absolute Gasteiger partial charge is 0.494 e. The quantitative estimate of drug-likeness (QED) is 0.585. The molecule has 0 atom stereocenters. The van der Waals surface area contributed by atoms with Crippen molar-refractivity contribution in [1.29, 1.82) is 0 Å². The summed E-state index contributed by atoms with van der Waals surface area (Å²) in [5.74, 6) is 0.871. The van der Waals surface area contributed by atoms with E-state index in [0.717, 1.165) is 52.6 Å². The van der Waals surface area contributed by atoms with Gasteiger partial charge in [-0.05, 0) is 61.1 Å². The zero-order valence-corrected chi connectivity index (χ0v) is 18.6. The molecule has 2 aromatic carbocycles. The Morgan fingerprint density at radius 2 is 1.83 bits per heavy atom. The minimum atomic E-state index is 0.136. The molecule has 0 radical (unpaired) electrons. The topological polar surface area (TPSA) is 45.7 Å². The minimum absolute atomic E-state index is 0.136. The molecule has 1 amide bonds. The van der Waals surface area contributed by atoms with Gasteiger partial charge in [0, 0.05) is 31.7 Å². The first-order valence-electron chi connectivity index (χ1n) is 10.4. The van der Waals surface area contributed by atoms with E-state index >= 15 is 0 Å². The van der Waals surface area contributed by atoms with Crippen molar-refractivity contribution < 1.29 is 9.53 Å². The van der Waals surface area contributed by atoms with Crippen LogP contribution in [0.25, 0.3) is 10.2 Å². The maximum atomic E-state index is 13.1. The van der Waals surface area contributed by atoms with E-state index in [9.17, 15) is 4.79 Å². The molecule has 2 heterocycles. The van der Waals surface area contributed by atoms with Gasteiger partial charge in [-0.3, -0.25) is 4.79 Å². The van der Waals surface area contributed by atoms with E-state index in [1.54, 1.807) is 18.4 Å². The molecule has 5 nitrogen and oxygen atoms in total. The molecule has 0 spiro atoms. The molecule has 0 unspecified atom stereocenters. The summed E-state index contributed by atoms with van der Waals surface area (Å²) in [6.07, 6.45) is 4.71. The lowest BCUT2D eigenvalue weighted by Crippen LogP contribution is -2.48. The van der Waals surface area contributed by atoms with Gasteiger partial charge in [-0.15, -0.1) is 0 Å². The van der Waals surface area contributed by atoms with Crippen LogP contribution in [0.1, 0.15) is 34.3 Å². The predicted molar refractivity (Wildman–Crippen MR) is 122 cm³/mol. The number of rotatable bonds is 3. The molecule has 7 heteroatoms. The molecule has 1 aromatic heterocycles. The number of ether oxygens (including phenoxy) is 1. The van der Waals surface area contributed by atoms with Crippen LogP contribution in [0.15, 0.2) is 30.3 Å². The van der Waals surface area contributed by atoms with Gasteiger partial charge in [0.2, 0.25) is 0 Å². The summed E-state index contributed by atoms with van der Waals surface area (Å²) in [6, 6.07) is 9.96. The van der Waals surface area contributed by atoms with Crippen molar-refractivity contribution in [2.45, 2.75) is 25.7 Å². The number of amides is 1. The van der Waals surface area contributed by atoms with E-state index in [-0.39, 0.29) is 5.91 Å². The summed E-state index contributed by atoms with van der Waals surface area (Å²) in [5, 5.41) is 1.62. The standard InChI is InChI=1S/C23H24ClN3O2S/c1-29-19-9-8-18(24)21-20(19)25-23(30-21)27-12-10-26(11-13-27)22(28)17-7-6-15-4-2-3-5-16(15)14-17/h6-9,14H,2-5,10-13H2,1H3. The fraction of sp³-hybridized carbons (Fsp3) is 0.391. The monoisotopic (exact) mass is 441 g/mol. The number of anilines is 1. The summed E-state index contributed by atoms with van der Waals surface area (Å²) >= 11 is 7.95. The van der Waals surface area contributed by atoms with Crippen LogP contribution in [-0.2, 0) is 12.8 Å². The number of carbonyl (C=O) groups excluding carboxylic acids is 1. The van der Waals surface area contributed by atoms with Gasteiger partial charge in [0.25, 0.3) is 5.91 Å². The number of piperazine rings is 1. The summed E-state index contributed by atoms with van der Waals surface area (Å²) in [5.41, 5.74) is 4.39. The lowest BCUT2D eigenvalue weighted by Gasteiger charge is -2.34. The van der Waals surface area contributed by atoms with Crippen molar-refractivity contribution in [3.8, 4) is 5.75 Å². The number of benzene rings is 2. The lowest BCUT2D eigenvalue weighted by atomic mass is 9.90. The van der Waals surface area contributed by atoms with Crippen molar-refractivity contribution in [3.05, 3.63) is 52.0 Å². The SMILES string of the molecule is COc1ccc(Cl)c2sc(N3CCN(C(=O)c4ccc5c(c4)CCCC5)CC3)nc12. The van der Waals surface area contributed by atoms with Crippen molar-refractivity contribution in [2.75, 3.05) is 38.2 Å². The molecule has 0 N–H and O–H groups in total. The van der Waals surface area contributed by atoms with E-state index < -0.39 is 0 Å². The number of nitrogens with zero attached hydrogens (tertiary/aromatic N) is 3. The molecule has 30 heavy (non-hydrogen) atoms. The van der Waals surface area contributed by atoms with Gasteiger partial charge in [0.1, 0.15) is 11.3 Å². The molecule has 3 aromatic rings. The number of carbonyl (C=O) groups is 1. The molecule has 5 rings (SSSR count). The van der Waals surface area contributed by atoms with E-state index in [1.807, 2.05) is 23.1 Å². The molecule has 0 saturated carbocycles. The maximum Gasteiger partial charge on any atom is 0.253 e. The number of methoxy groups -OCH3 is 1. The van der Waals surface area contributed by atoms with Crippen LogP contribution in [0.2, 0.25) is 5.02 Å². The summed E-state index contributed by atoms with van der Waals surface area (Å²) in [6.45, 7) is 2.90. The van der Waals surface area contributed by atoms with Gasteiger partial charge in [0.15, 0.2) is 5.13 Å². The zero-order chi connectivity index (χ0) is 20.7. The lowest BCUT2D eigenvalue weighted by molar-refractivity contribution is 0.0746. The number of fused-ring (bicyclic) bond motifs is 2. The number of hydrogen-bond acceptors (Lipinski definition) is 5. The fourth-order valence-corrected chi connectivity index (χ4v) is 5.70. The van der Waals surface area contributed by atoms with Crippen LogP contribution in [0, 0.1) is 0 Å². The van der Waals surface area contributed by atoms with Crippen LogP contribution in [-0.4, -0.2) is 49.1 Å². The highest BCUT2D eigenvalue weighted by molar-refractivity contribution is 7.22. The first-order chi connectivity index (χ1) is 14.6. The van der Waals surface area contributed by atoms with Crippen molar-refractivity contribution >= 4 is 44.2 Å². The molecule has 1 saturated heterocycles. The first kappa shape index (κ1) is 19.6. The maximum absolute atomic E-state index is 13.1. The number of halogens is 1. The normalized spacial score (nSPS) is 16.6. The van der Waals surface area contributed by atoms with E-state index in [1.165, 1.54) is 24.0 Å². The third-order valence-electron chi connectivity index (χ3n) is 6.10. The van der Waals surface area contributed by atoms with Crippen LogP contribution < -0.4 is 9.64 Å². The van der Waals surface area contributed by atoms with Crippen molar-refractivity contribution in [2.24, 2.45) is 0 Å².